The van der Waals surface area contributed by atoms with Crippen molar-refractivity contribution in [1.29, 1.82) is 0 Å². The summed E-state index contributed by atoms with van der Waals surface area (Å²) in [5.41, 5.74) is 0.776. The molecule has 0 radical (unpaired) electrons. The highest BCUT2D eigenvalue weighted by molar-refractivity contribution is 9.11. The molecule has 1 N–H and O–H groups in total. The van der Waals surface area contributed by atoms with E-state index in [1.807, 2.05) is 12.1 Å². The number of para-hydroxylation sites is 1. The lowest BCUT2D eigenvalue weighted by Crippen LogP contribution is -1.75. The van der Waals surface area contributed by atoms with Gasteiger partial charge < -0.3 is 5.11 Å². The molecular formula is C9H6BrNOS. The SMILES string of the molecule is Oc1ccccc1-c1ncc(Br)s1. The van der Waals surface area contributed by atoms with Crippen molar-refractivity contribution in [3.8, 4) is 16.3 Å². The number of nitrogens with zero attached hydrogens (tertiary/aromatic N) is 1. The van der Waals surface area contributed by atoms with Crippen molar-refractivity contribution in [2.75, 3.05) is 0 Å². The van der Waals surface area contributed by atoms with Gasteiger partial charge in [-0.05, 0) is 28.1 Å². The minimum Gasteiger partial charge on any atom is -0.507 e. The van der Waals surface area contributed by atoms with Crippen molar-refractivity contribution in [2.24, 2.45) is 0 Å². The molecule has 0 unspecified atom stereocenters. The van der Waals surface area contributed by atoms with Gasteiger partial charge >= 0.3 is 0 Å². The summed E-state index contributed by atoms with van der Waals surface area (Å²) in [6.07, 6.45) is 1.73. The van der Waals surface area contributed by atoms with Gasteiger partial charge in [0.1, 0.15) is 10.8 Å². The van der Waals surface area contributed by atoms with Crippen molar-refractivity contribution in [2.45, 2.75) is 0 Å². The van der Waals surface area contributed by atoms with Crippen LogP contribution in [0.5, 0.6) is 5.75 Å². The highest BCUT2D eigenvalue weighted by atomic mass is 79.9. The van der Waals surface area contributed by atoms with Crippen LogP contribution in [-0.4, -0.2) is 10.1 Å². The molecular weight excluding hydrogens is 250 g/mol. The molecule has 0 atom stereocenters. The Bertz CT molecular complexity index is 427. The predicted octanol–water partition coefficient (Wildman–Crippen LogP) is 3.28. The Morgan fingerprint density at radius 2 is 2.08 bits per heavy atom. The number of hydrogen-bond acceptors (Lipinski definition) is 3. The quantitative estimate of drug-likeness (QED) is 0.849. The molecule has 4 heteroatoms. The third-order valence-corrected chi connectivity index (χ3v) is 3.12. The van der Waals surface area contributed by atoms with E-state index in [0.717, 1.165) is 14.4 Å². The molecule has 2 rings (SSSR count). The van der Waals surface area contributed by atoms with Gasteiger partial charge in [0.15, 0.2) is 0 Å². The van der Waals surface area contributed by atoms with Gasteiger partial charge in [0.25, 0.3) is 0 Å². The third kappa shape index (κ3) is 1.73. The van der Waals surface area contributed by atoms with E-state index in [2.05, 4.69) is 20.9 Å². The van der Waals surface area contributed by atoms with Gasteiger partial charge in [0, 0.05) is 0 Å². The van der Waals surface area contributed by atoms with Crippen LogP contribution in [0.4, 0.5) is 0 Å². The van der Waals surface area contributed by atoms with Crippen LogP contribution in [0.3, 0.4) is 0 Å². The van der Waals surface area contributed by atoms with Crippen molar-refractivity contribution >= 4 is 27.3 Å². The van der Waals surface area contributed by atoms with Crippen molar-refractivity contribution < 1.29 is 5.11 Å². The Labute approximate surface area is 88.0 Å². The average molecular weight is 256 g/mol. The monoisotopic (exact) mass is 255 g/mol. The zero-order valence-electron chi connectivity index (χ0n) is 6.57. The van der Waals surface area contributed by atoms with E-state index in [1.54, 1.807) is 18.3 Å². The molecule has 66 valence electrons. The van der Waals surface area contributed by atoms with Gasteiger partial charge in [0.05, 0.1) is 15.5 Å². The third-order valence-electron chi connectivity index (χ3n) is 1.61. The van der Waals surface area contributed by atoms with Crippen molar-refractivity contribution in [1.82, 2.24) is 4.98 Å². The minimum atomic E-state index is 0.268. The maximum Gasteiger partial charge on any atom is 0.128 e. The molecule has 0 spiro atoms. The molecule has 13 heavy (non-hydrogen) atoms. The Balaban J connectivity index is 2.52. The van der Waals surface area contributed by atoms with E-state index < -0.39 is 0 Å². The maximum atomic E-state index is 9.52. The number of thiazole rings is 1. The maximum absolute atomic E-state index is 9.52. The van der Waals surface area contributed by atoms with E-state index in [9.17, 15) is 5.11 Å². The lowest BCUT2D eigenvalue weighted by molar-refractivity contribution is 0.477. The van der Waals surface area contributed by atoms with Gasteiger partial charge in [-0.25, -0.2) is 4.98 Å². The molecule has 1 heterocycles. The van der Waals surface area contributed by atoms with Crippen LogP contribution < -0.4 is 0 Å². The van der Waals surface area contributed by atoms with Gasteiger partial charge in [0.2, 0.25) is 0 Å². The Kier molecular flexibility index (Phi) is 2.33. The molecule has 0 saturated heterocycles. The summed E-state index contributed by atoms with van der Waals surface area (Å²) < 4.78 is 0.964. The normalized spacial score (nSPS) is 10.2. The molecule has 0 fully saturated rings. The second-order valence-electron chi connectivity index (χ2n) is 2.49. The van der Waals surface area contributed by atoms with E-state index in [0.29, 0.717) is 0 Å². The van der Waals surface area contributed by atoms with Crippen molar-refractivity contribution in [3.05, 3.63) is 34.2 Å². The molecule has 0 aliphatic heterocycles. The number of aromatic hydroxyl groups is 1. The zero-order chi connectivity index (χ0) is 9.26. The average Bonchev–Trinajstić information content (AvgIpc) is 2.53. The van der Waals surface area contributed by atoms with Crippen LogP contribution in [0.15, 0.2) is 34.2 Å². The summed E-state index contributed by atoms with van der Waals surface area (Å²) in [6, 6.07) is 7.18. The van der Waals surface area contributed by atoms with Gasteiger partial charge in [-0.1, -0.05) is 12.1 Å². The van der Waals surface area contributed by atoms with Crippen LogP contribution in [-0.2, 0) is 0 Å². The van der Waals surface area contributed by atoms with Gasteiger partial charge in [-0.3, -0.25) is 0 Å². The molecule has 0 amide bonds. The molecule has 1 aromatic heterocycles. The summed E-state index contributed by atoms with van der Waals surface area (Å²) >= 11 is 4.83. The molecule has 2 aromatic rings. The van der Waals surface area contributed by atoms with E-state index in [4.69, 9.17) is 0 Å². The predicted molar refractivity (Wildman–Crippen MR) is 56.9 cm³/mol. The molecule has 0 aliphatic rings. The highest BCUT2D eigenvalue weighted by Gasteiger charge is 2.06. The summed E-state index contributed by atoms with van der Waals surface area (Å²) in [4.78, 5) is 4.16. The Hall–Kier alpha value is -0.870. The number of benzene rings is 1. The number of hydrogen-bond donors (Lipinski definition) is 1. The highest BCUT2D eigenvalue weighted by Crippen LogP contribution is 2.33. The van der Waals surface area contributed by atoms with Crippen LogP contribution >= 0.6 is 27.3 Å². The molecule has 0 saturated carbocycles. The number of aromatic nitrogens is 1. The lowest BCUT2D eigenvalue weighted by Gasteiger charge is -1.98. The van der Waals surface area contributed by atoms with Crippen LogP contribution in [0.25, 0.3) is 10.6 Å². The Morgan fingerprint density at radius 1 is 1.31 bits per heavy atom. The fraction of sp³-hybridized carbons (Fsp3) is 0. The van der Waals surface area contributed by atoms with Crippen LogP contribution in [0.2, 0.25) is 0 Å². The number of phenolic OH excluding ortho intramolecular Hbond substituents is 1. The molecule has 0 bridgehead atoms. The molecule has 0 aliphatic carbocycles. The smallest absolute Gasteiger partial charge is 0.128 e. The second kappa shape index (κ2) is 3.47. The standard InChI is InChI=1S/C9H6BrNOS/c10-8-5-11-9(13-8)6-3-1-2-4-7(6)12/h1-5,12H. The first kappa shape index (κ1) is 8.72. The van der Waals surface area contributed by atoms with E-state index in [1.165, 1.54) is 11.3 Å². The van der Waals surface area contributed by atoms with Gasteiger partial charge in [-0.2, -0.15) is 0 Å². The Morgan fingerprint density at radius 3 is 2.69 bits per heavy atom. The topological polar surface area (TPSA) is 33.1 Å². The second-order valence-corrected chi connectivity index (χ2v) is 4.90. The lowest BCUT2D eigenvalue weighted by atomic mass is 10.2. The first-order chi connectivity index (χ1) is 6.27. The number of phenols is 1. The largest absolute Gasteiger partial charge is 0.507 e. The van der Waals surface area contributed by atoms with Crippen molar-refractivity contribution in [3.63, 3.8) is 0 Å². The fourth-order valence-corrected chi connectivity index (χ4v) is 2.27. The first-order valence-electron chi connectivity index (χ1n) is 3.67. The van der Waals surface area contributed by atoms with E-state index >= 15 is 0 Å². The number of rotatable bonds is 1. The van der Waals surface area contributed by atoms with Gasteiger partial charge in [-0.15, -0.1) is 11.3 Å². The van der Waals surface area contributed by atoms with E-state index in [-0.39, 0.29) is 5.75 Å². The number of halogens is 1. The van der Waals surface area contributed by atoms with Crippen LogP contribution in [0, 0.1) is 0 Å². The zero-order valence-corrected chi connectivity index (χ0v) is 8.97. The summed E-state index contributed by atoms with van der Waals surface area (Å²) in [5.74, 6) is 0.268. The summed E-state index contributed by atoms with van der Waals surface area (Å²) in [7, 11) is 0. The fourth-order valence-electron chi connectivity index (χ4n) is 1.03. The van der Waals surface area contributed by atoms with Crippen LogP contribution in [0.1, 0.15) is 0 Å². The molecule has 2 nitrogen and oxygen atoms in total. The molecule has 1 aromatic carbocycles. The summed E-state index contributed by atoms with van der Waals surface area (Å²) in [5, 5.41) is 10.3. The first-order valence-corrected chi connectivity index (χ1v) is 5.28. The summed E-state index contributed by atoms with van der Waals surface area (Å²) in [6.45, 7) is 0. The minimum absolute atomic E-state index is 0.268.